The van der Waals surface area contributed by atoms with Gasteiger partial charge >= 0.3 is 12.1 Å². The van der Waals surface area contributed by atoms with Gasteiger partial charge in [0, 0.05) is 13.7 Å². The molecule has 21 heavy (non-hydrogen) atoms. The van der Waals surface area contributed by atoms with Gasteiger partial charge in [-0.05, 0) is 12.0 Å². The van der Waals surface area contributed by atoms with Crippen LogP contribution in [0.4, 0.5) is 4.79 Å². The molecule has 1 aliphatic heterocycles. The molecular formula is C15H19NO5. The number of ether oxygens (including phenoxy) is 3. The minimum atomic E-state index is -0.747. The van der Waals surface area contributed by atoms with Crippen LogP contribution in [0.25, 0.3) is 0 Å². The standard InChI is InChI=1S/C15H19NO5/c1-19-12-8-9-16(13(12)14(17)20-2)15(18)21-10-11-6-4-3-5-7-11/h3-7,12-13H,8-10H2,1-2H3/t12-,13-/m1/s1. The van der Waals surface area contributed by atoms with Crippen LogP contribution >= 0.6 is 0 Å². The SMILES string of the molecule is COC(=O)[C@H]1[C@H](OC)CCN1C(=O)OCc1ccccc1. The fourth-order valence-corrected chi connectivity index (χ4v) is 2.42. The van der Waals surface area contributed by atoms with Crippen molar-refractivity contribution < 1.29 is 23.8 Å². The van der Waals surface area contributed by atoms with Gasteiger partial charge in [-0.25, -0.2) is 9.59 Å². The molecule has 6 nitrogen and oxygen atoms in total. The highest BCUT2D eigenvalue weighted by Gasteiger charge is 2.43. The number of esters is 1. The summed E-state index contributed by atoms with van der Waals surface area (Å²) in [6.07, 6.45) is -0.313. The number of hydrogen-bond acceptors (Lipinski definition) is 5. The van der Waals surface area contributed by atoms with Crippen molar-refractivity contribution >= 4 is 12.1 Å². The first-order valence-corrected chi connectivity index (χ1v) is 6.75. The minimum absolute atomic E-state index is 0.168. The van der Waals surface area contributed by atoms with Gasteiger partial charge < -0.3 is 14.2 Å². The topological polar surface area (TPSA) is 65.1 Å². The zero-order valence-electron chi connectivity index (χ0n) is 12.2. The summed E-state index contributed by atoms with van der Waals surface area (Å²) in [4.78, 5) is 25.3. The number of likely N-dealkylation sites (tertiary alicyclic amines) is 1. The Labute approximate surface area is 123 Å². The molecule has 0 radical (unpaired) electrons. The first-order valence-electron chi connectivity index (χ1n) is 6.75. The second-order valence-electron chi connectivity index (χ2n) is 4.76. The second kappa shape index (κ2) is 7.08. The highest BCUT2D eigenvalue weighted by molar-refractivity contribution is 5.82. The van der Waals surface area contributed by atoms with E-state index in [1.165, 1.54) is 19.1 Å². The maximum Gasteiger partial charge on any atom is 0.410 e. The number of nitrogens with zero attached hydrogens (tertiary/aromatic N) is 1. The molecule has 0 bridgehead atoms. The third-order valence-electron chi connectivity index (χ3n) is 3.53. The van der Waals surface area contributed by atoms with Crippen molar-refractivity contribution in [2.24, 2.45) is 0 Å². The number of benzene rings is 1. The minimum Gasteiger partial charge on any atom is -0.467 e. The Morgan fingerprint density at radius 1 is 1.24 bits per heavy atom. The summed E-state index contributed by atoms with van der Waals surface area (Å²) in [6, 6.07) is 8.62. The molecule has 1 aromatic carbocycles. The average molecular weight is 293 g/mol. The lowest BCUT2D eigenvalue weighted by molar-refractivity contribution is -0.148. The molecule has 1 fully saturated rings. The Bertz CT molecular complexity index is 490. The third-order valence-corrected chi connectivity index (χ3v) is 3.53. The van der Waals surface area contributed by atoms with Crippen LogP contribution in [-0.4, -0.2) is 49.9 Å². The number of hydrogen-bond donors (Lipinski definition) is 0. The van der Waals surface area contributed by atoms with Gasteiger partial charge in [-0.1, -0.05) is 30.3 Å². The molecule has 0 spiro atoms. The van der Waals surface area contributed by atoms with E-state index >= 15 is 0 Å². The Kier molecular flexibility index (Phi) is 5.16. The molecular weight excluding hydrogens is 274 g/mol. The molecule has 1 saturated heterocycles. The quantitative estimate of drug-likeness (QED) is 0.789. The molecule has 1 aromatic rings. The predicted octanol–water partition coefficient (Wildman–Crippen LogP) is 1.59. The zero-order chi connectivity index (χ0) is 15.2. The lowest BCUT2D eigenvalue weighted by Crippen LogP contribution is -2.46. The van der Waals surface area contributed by atoms with E-state index in [2.05, 4.69) is 0 Å². The molecule has 0 unspecified atom stereocenters. The summed E-state index contributed by atoms with van der Waals surface area (Å²) in [6.45, 7) is 0.577. The molecule has 0 N–H and O–H groups in total. The first kappa shape index (κ1) is 15.3. The van der Waals surface area contributed by atoms with Crippen LogP contribution in [0.2, 0.25) is 0 Å². The van der Waals surface area contributed by atoms with E-state index in [1.807, 2.05) is 30.3 Å². The van der Waals surface area contributed by atoms with E-state index in [-0.39, 0.29) is 12.7 Å². The van der Waals surface area contributed by atoms with Crippen LogP contribution in [0.5, 0.6) is 0 Å². The van der Waals surface area contributed by atoms with Gasteiger partial charge in [0.25, 0.3) is 0 Å². The van der Waals surface area contributed by atoms with E-state index in [9.17, 15) is 9.59 Å². The molecule has 0 aliphatic carbocycles. The highest BCUT2D eigenvalue weighted by atomic mass is 16.6. The molecule has 1 aliphatic rings. The van der Waals surface area contributed by atoms with Gasteiger partial charge in [-0.2, -0.15) is 0 Å². The van der Waals surface area contributed by atoms with Crippen molar-refractivity contribution in [3.63, 3.8) is 0 Å². The summed E-state index contributed by atoms with van der Waals surface area (Å²) in [7, 11) is 2.81. The van der Waals surface area contributed by atoms with Crippen molar-refractivity contribution in [2.45, 2.75) is 25.2 Å². The Hall–Kier alpha value is -2.08. The number of methoxy groups -OCH3 is 2. The van der Waals surface area contributed by atoms with E-state index < -0.39 is 18.1 Å². The fourth-order valence-electron chi connectivity index (χ4n) is 2.42. The van der Waals surface area contributed by atoms with Crippen molar-refractivity contribution in [3.05, 3.63) is 35.9 Å². The van der Waals surface area contributed by atoms with Gasteiger partial charge in [-0.3, -0.25) is 4.90 Å². The number of carbonyl (C=O) groups is 2. The largest absolute Gasteiger partial charge is 0.467 e. The van der Waals surface area contributed by atoms with Crippen LogP contribution in [0.1, 0.15) is 12.0 Å². The van der Waals surface area contributed by atoms with Crippen molar-refractivity contribution in [1.82, 2.24) is 4.90 Å². The number of amides is 1. The monoisotopic (exact) mass is 293 g/mol. The molecule has 0 saturated carbocycles. The van der Waals surface area contributed by atoms with Gasteiger partial charge in [-0.15, -0.1) is 0 Å². The number of carbonyl (C=O) groups excluding carboxylic acids is 2. The van der Waals surface area contributed by atoms with E-state index in [4.69, 9.17) is 14.2 Å². The Balaban J connectivity index is 1.99. The molecule has 6 heteroatoms. The Morgan fingerprint density at radius 3 is 2.57 bits per heavy atom. The molecule has 1 heterocycles. The molecule has 2 rings (SSSR count). The van der Waals surface area contributed by atoms with Crippen LogP contribution in [0.15, 0.2) is 30.3 Å². The zero-order valence-corrected chi connectivity index (χ0v) is 12.2. The van der Waals surface area contributed by atoms with Crippen LogP contribution in [-0.2, 0) is 25.6 Å². The van der Waals surface area contributed by atoms with E-state index in [1.54, 1.807) is 0 Å². The van der Waals surface area contributed by atoms with Crippen LogP contribution in [0.3, 0.4) is 0 Å². The van der Waals surface area contributed by atoms with Gasteiger partial charge in [0.2, 0.25) is 0 Å². The normalized spacial score (nSPS) is 21.1. The summed E-state index contributed by atoms with van der Waals surface area (Å²) in [5, 5.41) is 0. The predicted molar refractivity (Wildman–Crippen MR) is 74.6 cm³/mol. The highest BCUT2D eigenvalue weighted by Crippen LogP contribution is 2.22. The van der Waals surface area contributed by atoms with Crippen LogP contribution < -0.4 is 0 Å². The smallest absolute Gasteiger partial charge is 0.410 e. The van der Waals surface area contributed by atoms with Crippen LogP contribution in [0, 0.1) is 0 Å². The van der Waals surface area contributed by atoms with Crippen molar-refractivity contribution in [3.8, 4) is 0 Å². The fraction of sp³-hybridized carbons (Fsp3) is 0.467. The number of rotatable bonds is 4. The summed E-state index contributed by atoms with van der Waals surface area (Å²) in [5.74, 6) is -0.490. The maximum absolute atomic E-state index is 12.2. The lowest BCUT2D eigenvalue weighted by Gasteiger charge is -2.24. The lowest BCUT2D eigenvalue weighted by atomic mass is 10.2. The van der Waals surface area contributed by atoms with Crippen molar-refractivity contribution in [2.75, 3.05) is 20.8 Å². The van der Waals surface area contributed by atoms with Gasteiger partial charge in [0.05, 0.1) is 13.2 Å². The van der Waals surface area contributed by atoms with E-state index in [0.29, 0.717) is 13.0 Å². The molecule has 0 aromatic heterocycles. The van der Waals surface area contributed by atoms with Gasteiger partial charge in [0.15, 0.2) is 6.04 Å². The maximum atomic E-state index is 12.2. The third kappa shape index (κ3) is 3.52. The summed E-state index contributed by atoms with van der Waals surface area (Å²) >= 11 is 0. The molecule has 114 valence electrons. The average Bonchev–Trinajstić information content (AvgIpc) is 2.96. The van der Waals surface area contributed by atoms with Gasteiger partial charge in [0.1, 0.15) is 6.61 Å². The summed E-state index contributed by atoms with van der Waals surface area (Å²) < 4.78 is 15.2. The first-order chi connectivity index (χ1) is 10.2. The summed E-state index contributed by atoms with van der Waals surface area (Å²) in [5.41, 5.74) is 0.892. The molecule has 1 amide bonds. The Morgan fingerprint density at radius 2 is 1.95 bits per heavy atom. The van der Waals surface area contributed by atoms with E-state index in [0.717, 1.165) is 5.56 Å². The second-order valence-corrected chi connectivity index (χ2v) is 4.76. The molecule has 2 atom stereocenters. The van der Waals surface area contributed by atoms with Crippen molar-refractivity contribution in [1.29, 1.82) is 0 Å².